The van der Waals surface area contributed by atoms with E-state index in [-0.39, 0.29) is 41.6 Å². The quantitative estimate of drug-likeness (QED) is 0.667. The molecule has 6 nitrogen and oxygen atoms in total. The average molecular weight is 463 g/mol. The molecule has 0 aromatic heterocycles. The summed E-state index contributed by atoms with van der Waals surface area (Å²) < 4.78 is 45.7. The molecule has 0 aliphatic carbocycles. The topological polar surface area (TPSA) is 83.6 Å². The number of nitrogens with zero attached hydrogens (tertiary/aromatic N) is 1. The number of nitrogens with one attached hydrogen (secondary N) is 1. The fourth-order valence-corrected chi connectivity index (χ4v) is 3.92. The third-order valence-electron chi connectivity index (χ3n) is 5.53. The highest BCUT2D eigenvalue weighted by molar-refractivity contribution is 6.30. The first-order valence-electron chi connectivity index (χ1n) is 10.9. The van der Waals surface area contributed by atoms with Gasteiger partial charge in [-0.2, -0.15) is 8.78 Å². The fraction of sp³-hybridized carbons (Fsp3) is 0.304. The molecule has 2 aliphatic heterocycles. The Morgan fingerprint density at radius 1 is 1.25 bits per heavy atom. The number of hydrogen-bond acceptors (Lipinski definition) is 4. The first kappa shape index (κ1) is 19.5. The van der Waals surface area contributed by atoms with Gasteiger partial charge in [0.15, 0.2) is 0 Å². The van der Waals surface area contributed by atoms with Gasteiger partial charge in [0.1, 0.15) is 6.04 Å². The van der Waals surface area contributed by atoms with Gasteiger partial charge >= 0.3 is 5.92 Å². The number of amides is 3. The van der Waals surface area contributed by atoms with E-state index < -0.39 is 53.9 Å². The largest absolute Gasteiger partial charge is 0.330 e. The van der Waals surface area contributed by atoms with Gasteiger partial charge < -0.3 is 4.90 Å². The van der Waals surface area contributed by atoms with Crippen molar-refractivity contribution in [1.29, 1.82) is 0 Å². The number of halogens is 3. The number of benzene rings is 2. The van der Waals surface area contributed by atoms with Gasteiger partial charge in [-0.15, -0.1) is 0 Å². The lowest BCUT2D eigenvalue weighted by Gasteiger charge is -2.29. The zero-order valence-corrected chi connectivity index (χ0v) is 17.4. The van der Waals surface area contributed by atoms with Crippen LogP contribution in [0.3, 0.4) is 0 Å². The summed E-state index contributed by atoms with van der Waals surface area (Å²) in [7, 11) is 0. The molecule has 166 valence electrons. The van der Waals surface area contributed by atoms with Crippen LogP contribution in [0.5, 0.6) is 0 Å². The number of alkyl halides is 2. The molecule has 1 N–H and O–H groups in total. The van der Waals surface area contributed by atoms with Crippen LogP contribution in [0.25, 0.3) is 0 Å². The van der Waals surface area contributed by atoms with Crippen molar-refractivity contribution in [1.82, 2.24) is 10.2 Å². The number of aryl methyl sites for hydroxylation is 1. The van der Waals surface area contributed by atoms with Crippen LogP contribution in [0.1, 0.15) is 49.1 Å². The molecule has 0 bridgehead atoms. The normalized spacial score (nSPS) is 20.4. The summed E-state index contributed by atoms with van der Waals surface area (Å²) in [6.07, 6.45) is -1.97. The average Bonchev–Trinajstić information content (AvgIpc) is 3.10. The lowest BCUT2D eigenvalue weighted by molar-refractivity contribution is -0.144. The Hall–Kier alpha value is -3.13. The Balaban J connectivity index is 1.53. The lowest BCUT2D eigenvalue weighted by Crippen LogP contribution is -2.52. The molecule has 0 spiro atoms. The van der Waals surface area contributed by atoms with Crippen LogP contribution in [0.15, 0.2) is 42.4 Å². The smallest absolute Gasteiger partial charge is 0.322 e. The maximum absolute atomic E-state index is 14.6. The van der Waals surface area contributed by atoms with Gasteiger partial charge in [0.25, 0.3) is 5.91 Å². The summed E-state index contributed by atoms with van der Waals surface area (Å²) in [5.74, 6) is -6.84. The molecule has 3 amide bonds. The molecule has 2 aromatic rings. The van der Waals surface area contributed by atoms with Gasteiger partial charge in [0.05, 0.1) is 1.37 Å². The van der Waals surface area contributed by atoms with Gasteiger partial charge in [0.2, 0.25) is 17.6 Å². The second kappa shape index (κ2) is 8.43. The molecule has 4 rings (SSSR count). The Morgan fingerprint density at radius 3 is 2.66 bits per heavy atom. The maximum atomic E-state index is 14.6. The molecule has 2 unspecified atom stereocenters. The number of piperidine rings is 1. The van der Waals surface area contributed by atoms with Crippen LogP contribution >= 0.6 is 11.6 Å². The van der Waals surface area contributed by atoms with E-state index in [1.54, 1.807) is 0 Å². The Kier molecular flexibility index (Phi) is 5.15. The molecule has 1 fully saturated rings. The van der Waals surface area contributed by atoms with E-state index in [2.05, 4.69) is 5.32 Å². The number of carbonyl (C=O) groups is 4. The standard InChI is InChI=1S/C23H19ClF2N2O4/c24-16-5-3-15(4-6-16)23(25,26)19(29)9-2-13-1-7-17-14(11-13)12-28(22(17)32)18-8-10-20(30)27-21(18)31/h1,3-7,11,18H,2,8-10,12H2,(H,27,30,31)/i2D,7D. The van der Waals surface area contributed by atoms with E-state index in [1.165, 1.54) is 29.2 Å². The summed E-state index contributed by atoms with van der Waals surface area (Å²) >= 11 is 5.71. The minimum Gasteiger partial charge on any atom is -0.322 e. The minimum absolute atomic E-state index is 0.0260. The first-order chi connectivity index (χ1) is 16.0. The van der Waals surface area contributed by atoms with Gasteiger partial charge in [-0.3, -0.25) is 24.5 Å². The number of imide groups is 1. The summed E-state index contributed by atoms with van der Waals surface area (Å²) in [6, 6.07) is 6.13. The number of fused-ring (bicyclic) bond motifs is 1. The second-order valence-electron chi connectivity index (χ2n) is 7.65. The van der Waals surface area contributed by atoms with Crippen molar-refractivity contribution in [2.45, 2.75) is 44.2 Å². The molecule has 32 heavy (non-hydrogen) atoms. The number of carbonyl (C=O) groups excluding carboxylic acids is 4. The van der Waals surface area contributed by atoms with Crippen molar-refractivity contribution in [3.05, 3.63) is 69.7 Å². The number of Topliss-reactive ketones (excluding diaryl/α,β-unsaturated/α-hetero) is 1. The van der Waals surface area contributed by atoms with E-state index in [9.17, 15) is 28.0 Å². The third-order valence-corrected chi connectivity index (χ3v) is 5.78. The molecule has 1 saturated heterocycles. The van der Waals surface area contributed by atoms with E-state index >= 15 is 0 Å². The van der Waals surface area contributed by atoms with E-state index in [0.717, 1.165) is 12.1 Å². The van der Waals surface area contributed by atoms with Crippen molar-refractivity contribution in [3.63, 3.8) is 0 Å². The van der Waals surface area contributed by atoms with Crippen molar-refractivity contribution in [3.8, 4) is 0 Å². The zero-order chi connectivity index (χ0) is 24.8. The summed E-state index contributed by atoms with van der Waals surface area (Å²) in [5.41, 5.74) is 0.0291. The monoisotopic (exact) mass is 462 g/mol. The molecular weight excluding hydrogens is 442 g/mol. The number of rotatable bonds is 6. The minimum atomic E-state index is -3.82. The van der Waals surface area contributed by atoms with Crippen molar-refractivity contribution >= 4 is 35.1 Å². The fourth-order valence-electron chi connectivity index (χ4n) is 3.79. The van der Waals surface area contributed by atoms with Crippen LogP contribution < -0.4 is 5.32 Å². The summed E-state index contributed by atoms with van der Waals surface area (Å²) in [5, 5.41) is 2.43. The predicted octanol–water partition coefficient (Wildman–Crippen LogP) is 3.39. The van der Waals surface area contributed by atoms with E-state index in [1.807, 2.05) is 0 Å². The summed E-state index contributed by atoms with van der Waals surface area (Å²) in [6.45, 7) is -0.0260. The predicted molar refractivity (Wildman–Crippen MR) is 111 cm³/mol. The molecular formula is C23H19ClF2N2O4. The van der Waals surface area contributed by atoms with Crippen LogP contribution in [0.2, 0.25) is 5.02 Å². The Labute approximate surface area is 190 Å². The molecule has 2 aromatic carbocycles. The van der Waals surface area contributed by atoms with Crippen molar-refractivity contribution in [2.75, 3.05) is 0 Å². The van der Waals surface area contributed by atoms with Gasteiger partial charge in [-0.1, -0.05) is 35.9 Å². The lowest BCUT2D eigenvalue weighted by atomic mass is 9.97. The van der Waals surface area contributed by atoms with Crippen molar-refractivity contribution < 1.29 is 30.7 Å². The molecule has 2 heterocycles. The molecule has 9 heteroatoms. The Morgan fingerprint density at radius 2 is 1.97 bits per heavy atom. The van der Waals surface area contributed by atoms with Crippen molar-refractivity contribution in [2.24, 2.45) is 0 Å². The zero-order valence-electron chi connectivity index (χ0n) is 18.7. The van der Waals surface area contributed by atoms with Gasteiger partial charge in [0, 0.05) is 36.9 Å². The molecule has 0 saturated carbocycles. The number of hydrogen-bond donors (Lipinski definition) is 1. The number of ketones is 1. The highest BCUT2D eigenvalue weighted by Gasteiger charge is 2.41. The van der Waals surface area contributed by atoms with Crippen LogP contribution in [-0.4, -0.2) is 34.4 Å². The highest BCUT2D eigenvalue weighted by atomic mass is 35.5. The summed E-state index contributed by atoms with van der Waals surface area (Å²) in [4.78, 5) is 50.0. The molecule has 2 aliphatic rings. The van der Waals surface area contributed by atoms with Crippen LogP contribution in [-0.2, 0) is 33.2 Å². The van der Waals surface area contributed by atoms with Crippen LogP contribution in [0, 0.1) is 0 Å². The SMILES string of the molecule is [2H]c1cc(C([2H])CC(=O)C(F)(F)c2ccc(Cl)cc2)cc2c1C(=O)N(C1CCC(=O)NC1=O)C2. The van der Waals surface area contributed by atoms with E-state index in [0.29, 0.717) is 5.56 Å². The van der Waals surface area contributed by atoms with E-state index in [4.69, 9.17) is 14.3 Å². The third kappa shape index (κ3) is 4.14. The maximum Gasteiger partial charge on any atom is 0.330 e. The Bertz CT molecular complexity index is 1210. The highest BCUT2D eigenvalue weighted by Crippen LogP contribution is 2.32. The van der Waals surface area contributed by atoms with Crippen LogP contribution in [0.4, 0.5) is 8.78 Å². The van der Waals surface area contributed by atoms with Gasteiger partial charge in [-0.25, -0.2) is 0 Å². The molecule has 2 atom stereocenters. The van der Waals surface area contributed by atoms with Gasteiger partial charge in [-0.05, 0) is 42.1 Å². The second-order valence-corrected chi connectivity index (χ2v) is 8.08. The first-order valence-corrected chi connectivity index (χ1v) is 10.2. The molecule has 0 radical (unpaired) electrons.